The zero-order chi connectivity index (χ0) is 15.8. The number of nitrogens with zero attached hydrogens (tertiary/aromatic N) is 1. The van der Waals surface area contributed by atoms with Gasteiger partial charge in [-0.25, -0.2) is 0 Å². The van der Waals surface area contributed by atoms with Crippen LogP contribution in [-0.4, -0.2) is 44.1 Å². The molecule has 4 nitrogen and oxygen atoms in total. The smallest absolute Gasteiger partial charge is 0.251 e. The van der Waals surface area contributed by atoms with E-state index >= 15 is 0 Å². The van der Waals surface area contributed by atoms with Crippen LogP contribution < -0.4 is 10.1 Å². The van der Waals surface area contributed by atoms with E-state index in [1.54, 1.807) is 13.2 Å². The summed E-state index contributed by atoms with van der Waals surface area (Å²) in [6.07, 6.45) is 6.13. The van der Waals surface area contributed by atoms with E-state index in [1.165, 1.54) is 25.9 Å². The minimum atomic E-state index is -0.0191. The number of methoxy groups -OCH3 is 1. The van der Waals surface area contributed by atoms with E-state index in [0.717, 1.165) is 30.8 Å². The topological polar surface area (TPSA) is 41.6 Å². The molecule has 0 atom stereocenters. The lowest BCUT2D eigenvalue weighted by molar-refractivity contribution is 0.0952. The van der Waals surface area contributed by atoms with Gasteiger partial charge >= 0.3 is 0 Å². The van der Waals surface area contributed by atoms with E-state index in [2.05, 4.69) is 16.8 Å². The van der Waals surface area contributed by atoms with Gasteiger partial charge in [-0.15, -0.1) is 6.58 Å². The summed E-state index contributed by atoms with van der Waals surface area (Å²) in [4.78, 5) is 14.7. The molecular formula is C18H26N2O2. The van der Waals surface area contributed by atoms with Crippen LogP contribution in [0, 0.1) is 0 Å². The lowest BCUT2D eigenvalue weighted by Gasteiger charge is -2.14. The number of amides is 1. The van der Waals surface area contributed by atoms with Crippen molar-refractivity contribution in [1.82, 2.24) is 10.2 Å². The molecule has 0 aliphatic carbocycles. The van der Waals surface area contributed by atoms with Crippen LogP contribution in [0.4, 0.5) is 0 Å². The highest BCUT2D eigenvalue weighted by molar-refractivity contribution is 5.94. The maximum absolute atomic E-state index is 12.2. The minimum Gasteiger partial charge on any atom is -0.496 e. The fourth-order valence-corrected chi connectivity index (χ4v) is 2.85. The number of ether oxygens (including phenoxy) is 1. The Bertz CT molecular complexity index is 508. The Morgan fingerprint density at radius 3 is 2.86 bits per heavy atom. The van der Waals surface area contributed by atoms with Crippen LogP contribution in [0.3, 0.4) is 0 Å². The van der Waals surface area contributed by atoms with E-state index in [1.807, 2.05) is 18.2 Å². The molecule has 0 unspecified atom stereocenters. The lowest BCUT2D eigenvalue weighted by atomic mass is 10.1. The molecule has 0 bridgehead atoms. The third-order valence-electron chi connectivity index (χ3n) is 4.04. The molecule has 1 heterocycles. The number of nitrogens with one attached hydrogen (secondary N) is 1. The standard InChI is InChI=1S/C18H26N2O2/c1-3-7-15-14-16(8-9-17(15)22-2)18(21)19-10-6-13-20-11-4-5-12-20/h3,8-9,14H,1,4-7,10-13H2,2H3,(H,19,21). The van der Waals surface area contributed by atoms with Crippen molar-refractivity contribution in [1.29, 1.82) is 0 Å². The van der Waals surface area contributed by atoms with Crippen molar-refractivity contribution in [3.8, 4) is 5.75 Å². The van der Waals surface area contributed by atoms with Gasteiger partial charge in [-0.2, -0.15) is 0 Å². The molecule has 2 rings (SSSR count). The van der Waals surface area contributed by atoms with Gasteiger partial charge in [0.1, 0.15) is 5.75 Å². The van der Waals surface area contributed by atoms with E-state index < -0.39 is 0 Å². The molecule has 1 N–H and O–H groups in total. The van der Waals surface area contributed by atoms with Gasteiger partial charge in [-0.1, -0.05) is 6.08 Å². The predicted octanol–water partition coefficient (Wildman–Crippen LogP) is 2.64. The second-order valence-electron chi connectivity index (χ2n) is 5.68. The molecule has 0 spiro atoms. The summed E-state index contributed by atoms with van der Waals surface area (Å²) in [5.74, 6) is 0.778. The SMILES string of the molecule is C=CCc1cc(C(=O)NCCCN2CCCC2)ccc1OC. The molecule has 1 saturated heterocycles. The normalized spacial score (nSPS) is 14.8. The van der Waals surface area contributed by atoms with Gasteiger partial charge in [0, 0.05) is 12.1 Å². The van der Waals surface area contributed by atoms with Crippen molar-refractivity contribution in [2.24, 2.45) is 0 Å². The minimum absolute atomic E-state index is 0.0191. The Kier molecular flexibility index (Phi) is 6.46. The van der Waals surface area contributed by atoms with Gasteiger partial charge in [0.15, 0.2) is 0 Å². The third-order valence-corrected chi connectivity index (χ3v) is 4.04. The highest BCUT2D eigenvalue weighted by atomic mass is 16.5. The van der Waals surface area contributed by atoms with Crippen molar-refractivity contribution in [3.63, 3.8) is 0 Å². The number of hydrogen-bond acceptors (Lipinski definition) is 3. The first-order valence-corrected chi connectivity index (χ1v) is 8.03. The molecular weight excluding hydrogens is 276 g/mol. The second-order valence-corrected chi connectivity index (χ2v) is 5.68. The summed E-state index contributed by atoms with van der Waals surface area (Å²) in [5.41, 5.74) is 1.67. The van der Waals surface area contributed by atoms with Crippen LogP contribution in [0.1, 0.15) is 35.2 Å². The van der Waals surface area contributed by atoms with Crippen molar-refractivity contribution in [2.45, 2.75) is 25.7 Å². The maximum atomic E-state index is 12.2. The number of hydrogen-bond donors (Lipinski definition) is 1. The number of benzene rings is 1. The molecule has 0 radical (unpaired) electrons. The van der Waals surface area contributed by atoms with Crippen molar-refractivity contribution >= 4 is 5.91 Å². The first kappa shape index (κ1) is 16.6. The Hall–Kier alpha value is -1.81. The van der Waals surface area contributed by atoms with Gasteiger partial charge < -0.3 is 15.0 Å². The van der Waals surface area contributed by atoms with Gasteiger partial charge in [-0.3, -0.25) is 4.79 Å². The molecule has 1 aliphatic rings. The molecule has 1 aromatic rings. The number of carbonyl (C=O) groups is 1. The van der Waals surface area contributed by atoms with Crippen molar-refractivity contribution in [3.05, 3.63) is 42.0 Å². The average molecular weight is 302 g/mol. The molecule has 22 heavy (non-hydrogen) atoms. The fraction of sp³-hybridized carbons (Fsp3) is 0.500. The summed E-state index contributed by atoms with van der Waals surface area (Å²) in [7, 11) is 1.64. The van der Waals surface area contributed by atoms with E-state index in [4.69, 9.17) is 4.74 Å². The largest absolute Gasteiger partial charge is 0.496 e. The molecule has 1 aromatic carbocycles. The van der Waals surface area contributed by atoms with Crippen LogP contribution in [-0.2, 0) is 6.42 Å². The van der Waals surface area contributed by atoms with Crippen LogP contribution in [0.5, 0.6) is 5.75 Å². The van der Waals surface area contributed by atoms with E-state index in [0.29, 0.717) is 12.0 Å². The molecule has 0 aromatic heterocycles. The Morgan fingerprint density at radius 1 is 1.41 bits per heavy atom. The Balaban J connectivity index is 1.83. The van der Waals surface area contributed by atoms with Crippen LogP contribution in [0.2, 0.25) is 0 Å². The van der Waals surface area contributed by atoms with Crippen molar-refractivity contribution < 1.29 is 9.53 Å². The zero-order valence-electron chi connectivity index (χ0n) is 13.4. The van der Waals surface area contributed by atoms with Crippen LogP contribution in [0.15, 0.2) is 30.9 Å². The molecule has 1 amide bonds. The van der Waals surface area contributed by atoms with Gasteiger partial charge in [0.05, 0.1) is 7.11 Å². The highest BCUT2D eigenvalue weighted by Crippen LogP contribution is 2.20. The average Bonchev–Trinajstić information content (AvgIpc) is 3.05. The van der Waals surface area contributed by atoms with Gasteiger partial charge in [-0.05, 0) is 69.1 Å². The first-order chi connectivity index (χ1) is 10.7. The van der Waals surface area contributed by atoms with Crippen LogP contribution >= 0.6 is 0 Å². The monoisotopic (exact) mass is 302 g/mol. The van der Waals surface area contributed by atoms with Gasteiger partial charge in [0.25, 0.3) is 5.91 Å². The van der Waals surface area contributed by atoms with E-state index in [-0.39, 0.29) is 5.91 Å². The molecule has 1 fully saturated rings. The quantitative estimate of drug-likeness (QED) is 0.593. The maximum Gasteiger partial charge on any atom is 0.251 e. The predicted molar refractivity (Wildman–Crippen MR) is 89.5 cm³/mol. The zero-order valence-corrected chi connectivity index (χ0v) is 13.4. The number of likely N-dealkylation sites (tertiary alicyclic amines) is 1. The van der Waals surface area contributed by atoms with Gasteiger partial charge in [0.2, 0.25) is 0 Å². The number of allylic oxidation sites excluding steroid dienone is 1. The molecule has 120 valence electrons. The fourth-order valence-electron chi connectivity index (χ4n) is 2.85. The number of rotatable bonds is 8. The summed E-state index contributed by atoms with van der Waals surface area (Å²) >= 11 is 0. The van der Waals surface area contributed by atoms with Crippen LogP contribution in [0.25, 0.3) is 0 Å². The molecule has 0 saturated carbocycles. The molecule has 4 heteroatoms. The Labute approximate surface area is 133 Å². The summed E-state index contributed by atoms with van der Waals surface area (Å²) < 4.78 is 5.30. The molecule has 1 aliphatic heterocycles. The second kappa shape index (κ2) is 8.59. The summed E-state index contributed by atoms with van der Waals surface area (Å²) in [6.45, 7) is 7.95. The third kappa shape index (κ3) is 4.60. The summed E-state index contributed by atoms with van der Waals surface area (Å²) in [6, 6.07) is 5.54. The number of carbonyl (C=O) groups excluding carboxylic acids is 1. The lowest BCUT2D eigenvalue weighted by Crippen LogP contribution is -2.28. The first-order valence-electron chi connectivity index (χ1n) is 8.03. The van der Waals surface area contributed by atoms with E-state index in [9.17, 15) is 4.79 Å². The van der Waals surface area contributed by atoms with Crippen molar-refractivity contribution in [2.75, 3.05) is 33.3 Å². The highest BCUT2D eigenvalue weighted by Gasteiger charge is 2.12. The summed E-state index contributed by atoms with van der Waals surface area (Å²) in [5, 5.41) is 3.00. The Morgan fingerprint density at radius 2 is 2.18 bits per heavy atom.